The van der Waals surface area contributed by atoms with Crippen LogP contribution in [0.25, 0.3) is 0 Å². The van der Waals surface area contributed by atoms with Crippen molar-refractivity contribution >= 4 is 11.8 Å². The van der Waals surface area contributed by atoms with Crippen LogP contribution in [0.2, 0.25) is 0 Å². The number of carbonyl (C=O) groups excluding carboxylic acids is 1. The number of aliphatic carboxylic acids is 1. The zero-order chi connectivity index (χ0) is 25.5. The summed E-state index contributed by atoms with van der Waals surface area (Å²) in [4.78, 5) is 21.4. The first-order chi connectivity index (χ1) is 15.7. The third-order valence-corrected chi connectivity index (χ3v) is 5.42. The van der Waals surface area contributed by atoms with Gasteiger partial charge in [0.2, 0.25) is 0 Å². The van der Waals surface area contributed by atoms with Crippen molar-refractivity contribution in [2.45, 2.75) is 128 Å². The van der Waals surface area contributed by atoms with Gasteiger partial charge in [0.1, 0.15) is 24.4 Å². The number of aliphatic hydroxyl groups is 5. The Morgan fingerprint density at radius 2 is 1.18 bits per heavy atom. The maximum absolute atomic E-state index is 11.1. The predicted molar refractivity (Wildman–Crippen MR) is 129 cm³/mol. The van der Waals surface area contributed by atoms with E-state index in [1.54, 1.807) is 0 Å². The van der Waals surface area contributed by atoms with Gasteiger partial charge in [-0.05, 0) is 6.42 Å². The van der Waals surface area contributed by atoms with Gasteiger partial charge in [0, 0.05) is 12.8 Å². The summed E-state index contributed by atoms with van der Waals surface area (Å²) in [6, 6.07) is 0. The molecule has 0 aliphatic carbocycles. The molecule has 0 saturated carbocycles. The standard InChI is InChI=1S/C16H32O2.C9H16O6/c1-2-3-4-5-6-7-8-9-10-11-12-13-14-15-16(17)18;1-2-3-5(11)7(13)9(15)8(14)6(12)4-10/h2-15H2,1H3,(H,17,18);2,6-10,12-15H,1,3-4H2. The number of carboxylic acids is 1. The second-order valence-electron chi connectivity index (χ2n) is 8.52. The molecular formula is C25H48O8. The monoisotopic (exact) mass is 476 g/mol. The van der Waals surface area contributed by atoms with Gasteiger partial charge in [-0.25, -0.2) is 0 Å². The van der Waals surface area contributed by atoms with E-state index >= 15 is 0 Å². The molecule has 4 atom stereocenters. The number of aliphatic hydroxyl groups excluding tert-OH is 5. The van der Waals surface area contributed by atoms with Crippen molar-refractivity contribution < 1.29 is 40.2 Å². The van der Waals surface area contributed by atoms with Crippen molar-refractivity contribution in [2.24, 2.45) is 0 Å². The van der Waals surface area contributed by atoms with Gasteiger partial charge in [-0.1, -0.05) is 90.0 Å². The Bertz CT molecular complexity index is 483. The first kappa shape index (κ1) is 33.9. The average molecular weight is 477 g/mol. The number of Topliss-reactive ketones (excluding diaryl/α,β-unsaturated/α-hetero) is 1. The molecule has 0 bridgehead atoms. The predicted octanol–water partition coefficient (Wildman–Crippen LogP) is 3.12. The molecule has 6 N–H and O–H groups in total. The SMILES string of the molecule is C=CCC(=O)C(O)C(O)C(O)C(O)CO.CCCCCCCCCCCCCCCC(=O)O. The highest BCUT2D eigenvalue weighted by Crippen LogP contribution is 2.13. The van der Waals surface area contributed by atoms with Crippen molar-refractivity contribution in [2.75, 3.05) is 6.61 Å². The molecule has 0 spiro atoms. The summed E-state index contributed by atoms with van der Waals surface area (Å²) in [5, 5.41) is 53.6. The average Bonchev–Trinajstić information content (AvgIpc) is 2.80. The second kappa shape index (κ2) is 23.8. The summed E-state index contributed by atoms with van der Waals surface area (Å²) in [6.45, 7) is 4.76. The van der Waals surface area contributed by atoms with Gasteiger partial charge in [0.25, 0.3) is 0 Å². The number of carbonyl (C=O) groups is 2. The Labute approximate surface area is 199 Å². The lowest BCUT2D eigenvalue weighted by molar-refractivity contribution is -0.146. The van der Waals surface area contributed by atoms with E-state index in [1.165, 1.54) is 76.7 Å². The number of rotatable bonds is 21. The summed E-state index contributed by atoms with van der Waals surface area (Å²) in [5.74, 6) is -1.38. The maximum Gasteiger partial charge on any atom is 0.303 e. The molecule has 4 unspecified atom stereocenters. The molecular weight excluding hydrogens is 428 g/mol. The molecule has 8 nitrogen and oxygen atoms in total. The Hall–Kier alpha value is -1.32. The largest absolute Gasteiger partial charge is 0.481 e. The molecule has 196 valence electrons. The number of hydrogen-bond acceptors (Lipinski definition) is 7. The number of allylic oxidation sites excluding steroid dienone is 1. The molecule has 0 aromatic heterocycles. The molecule has 0 radical (unpaired) electrons. The molecule has 0 rings (SSSR count). The van der Waals surface area contributed by atoms with Crippen molar-refractivity contribution in [3.05, 3.63) is 12.7 Å². The molecule has 0 saturated heterocycles. The van der Waals surface area contributed by atoms with Crippen molar-refractivity contribution in [3.63, 3.8) is 0 Å². The van der Waals surface area contributed by atoms with Crippen LogP contribution in [-0.4, -0.2) is 73.4 Å². The van der Waals surface area contributed by atoms with Crippen LogP contribution >= 0.6 is 0 Å². The highest BCUT2D eigenvalue weighted by molar-refractivity contribution is 5.84. The first-order valence-corrected chi connectivity index (χ1v) is 12.4. The normalized spacial score (nSPS) is 14.5. The Balaban J connectivity index is 0. The van der Waals surface area contributed by atoms with Crippen molar-refractivity contribution in [1.29, 1.82) is 0 Å². The second-order valence-corrected chi connectivity index (χ2v) is 8.52. The summed E-state index contributed by atoms with van der Waals surface area (Å²) < 4.78 is 0. The lowest BCUT2D eigenvalue weighted by Gasteiger charge is -2.24. The van der Waals surface area contributed by atoms with Crippen LogP contribution in [0, 0.1) is 0 Å². The van der Waals surface area contributed by atoms with Gasteiger partial charge in [0.05, 0.1) is 6.61 Å². The van der Waals surface area contributed by atoms with Gasteiger partial charge in [-0.2, -0.15) is 0 Å². The van der Waals surface area contributed by atoms with Gasteiger partial charge in [0.15, 0.2) is 5.78 Å². The van der Waals surface area contributed by atoms with E-state index in [0.29, 0.717) is 6.42 Å². The summed E-state index contributed by atoms with van der Waals surface area (Å²) >= 11 is 0. The third-order valence-electron chi connectivity index (χ3n) is 5.42. The molecule has 0 amide bonds. The third kappa shape index (κ3) is 21.0. The number of carboxylic acid groups (broad SMARTS) is 1. The van der Waals surface area contributed by atoms with Crippen molar-refractivity contribution in [3.8, 4) is 0 Å². The van der Waals surface area contributed by atoms with Gasteiger partial charge in [-0.15, -0.1) is 6.58 Å². The number of ketones is 1. The lowest BCUT2D eigenvalue weighted by atomic mass is 9.99. The highest BCUT2D eigenvalue weighted by atomic mass is 16.4. The zero-order valence-electron chi connectivity index (χ0n) is 20.4. The van der Waals surface area contributed by atoms with Crippen LogP contribution in [0.4, 0.5) is 0 Å². The molecule has 0 aliphatic heterocycles. The van der Waals surface area contributed by atoms with Crippen LogP contribution in [0.15, 0.2) is 12.7 Å². The Kier molecular flexibility index (Phi) is 24.4. The Morgan fingerprint density at radius 1 is 0.758 bits per heavy atom. The molecule has 8 heteroatoms. The fourth-order valence-electron chi connectivity index (χ4n) is 3.27. The van der Waals surface area contributed by atoms with Crippen LogP contribution < -0.4 is 0 Å². The molecule has 0 aromatic carbocycles. The number of hydrogen-bond donors (Lipinski definition) is 6. The highest BCUT2D eigenvalue weighted by Gasteiger charge is 2.33. The lowest BCUT2D eigenvalue weighted by Crippen LogP contribution is -2.48. The quantitative estimate of drug-likeness (QED) is 0.109. The molecule has 0 aliphatic rings. The van der Waals surface area contributed by atoms with E-state index in [4.69, 9.17) is 15.3 Å². The molecule has 0 fully saturated rings. The van der Waals surface area contributed by atoms with Crippen LogP contribution in [-0.2, 0) is 9.59 Å². The van der Waals surface area contributed by atoms with Crippen LogP contribution in [0.1, 0.15) is 103 Å². The van der Waals surface area contributed by atoms with Gasteiger partial charge < -0.3 is 30.6 Å². The van der Waals surface area contributed by atoms with Crippen LogP contribution in [0.5, 0.6) is 0 Å². The van der Waals surface area contributed by atoms with Crippen LogP contribution in [0.3, 0.4) is 0 Å². The van der Waals surface area contributed by atoms with E-state index < -0.39 is 42.8 Å². The van der Waals surface area contributed by atoms with E-state index in [0.717, 1.165) is 12.8 Å². The fraction of sp³-hybridized carbons (Fsp3) is 0.840. The summed E-state index contributed by atoms with van der Waals surface area (Å²) in [5.41, 5.74) is 0. The molecule has 0 heterocycles. The Morgan fingerprint density at radius 3 is 1.55 bits per heavy atom. The molecule has 0 aromatic rings. The minimum atomic E-state index is -1.83. The zero-order valence-corrected chi connectivity index (χ0v) is 20.4. The maximum atomic E-state index is 11.1. The topological polar surface area (TPSA) is 156 Å². The van der Waals surface area contributed by atoms with Gasteiger partial charge in [-0.3, -0.25) is 9.59 Å². The smallest absolute Gasteiger partial charge is 0.303 e. The van der Waals surface area contributed by atoms with Gasteiger partial charge >= 0.3 is 5.97 Å². The van der Waals surface area contributed by atoms with E-state index in [9.17, 15) is 24.9 Å². The fourth-order valence-corrected chi connectivity index (χ4v) is 3.27. The van der Waals surface area contributed by atoms with E-state index in [2.05, 4.69) is 13.5 Å². The summed E-state index contributed by atoms with van der Waals surface area (Å²) in [7, 11) is 0. The summed E-state index contributed by atoms with van der Waals surface area (Å²) in [6.07, 6.45) is 11.3. The minimum absolute atomic E-state index is 0.153. The number of unbranched alkanes of at least 4 members (excludes halogenated alkanes) is 12. The first-order valence-electron chi connectivity index (χ1n) is 12.4. The molecule has 33 heavy (non-hydrogen) atoms. The van der Waals surface area contributed by atoms with Crippen molar-refractivity contribution in [1.82, 2.24) is 0 Å². The van der Waals surface area contributed by atoms with E-state index in [1.807, 2.05) is 0 Å². The van der Waals surface area contributed by atoms with E-state index in [-0.39, 0.29) is 6.42 Å². The minimum Gasteiger partial charge on any atom is -0.481 e.